The highest BCUT2D eigenvalue weighted by molar-refractivity contribution is 5.95. The summed E-state index contributed by atoms with van der Waals surface area (Å²) >= 11 is 0. The zero-order valence-electron chi connectivity index (χ0n) is 21.0. The van der Waals surface area contributed by atoms with Crippen LogP contribution in [0, 0.1) is 6.92 Å². The van der Waals surface area contributed by atoms with Gasteiger partial charge in [0.05, 0.1) is 18.2 Å². The van der Waals surface area contributed by atoms with Crippen molar-refractivity contribution in [2.45, 2.75) is 33.4 Å². The predicted molar refractivity (Wildman–Crippen MR) is 137 cm³/mol. The summed E-state index contributed by atoms with van der Waals surface area (Å²) in [7, 11) is 0. The smallest absolute Gasteiger partial charge is 0.338 e. The number of aryl methyl sites for hydroxylation is 1. The lowest BCUT2D eigenvalue weighted by atomic mass is 9.93. The van der Waals surface area contributed by atoms with Gasteiger partial charge in [-0.1, -0.05) is 60.2 Å². The molecule has 4 rings (SSSR count). The Balaban J connectivity index is 1.58. The molecule has 0 saturated carbocycles. The maximum Gasteiger partial charge on any atom is 0.338 e. The van der Waals surface area contributed by atoms with Gasteiger partial charge >= 0.3 is 12.0 Å². The third-order valence-corrected chi connectivity index (χ3v) is 6.71. The van der Waals surface area contributed by atoms with E-state index in [4.69, 9.17) is 4.74 Å². The number of hydrogen-bond donors (Lipinski definition) is 1. The number of likely N-dealkylation sites (N-methyl/N-ethyl adjacent to an activating group) is 1. The first-order valence-corrected chi connectivity index (χ1v) is 12.5. The van der Waals surface area contributed by atoms with Crippen LogP contribution in [0.5, 0.6) is 0 Å². The minimum atomic E-state index is -0.529. The summed E-state index contributed by atoms with van der Waals surface area (Å²) in [5, 5.41) is 3.05. The van der Waals surface area contributed by atoms with Crippen molar-refractivity contribution in [1.29, 1.82) is 0 Å². The van der Waals surface area contributed by atoms with Crippen molar-refractivity contribution in [2.75, 3.05) is 45.9 Å². The summed E-state index contributed by atoms with van der Waals surface area (Å²) in [6.07, 6.45) is 0. The number of nitrogens with zero attached hydrogens (tertiary/aromatic N) is 3. The average Bonchev–Trinajstić information content (AvgIpc) is 2.86. The van der Waals surface area contributed by atoms with Gasteiger partial charge in [0.25, 0.3) is 0 Å². The van der Waals surface area contributed by atoms with Crippen LogP contribution in [0.15, 0.2) is 65.9 Å². The summed E-state index contributed by atoms with van der Waals surface area (Å²) in [6.45, 7) is 11.6. The molecule has 35 heavy (non-hydrogen) atoms. The Morgan fingerprint density at radius 2 is 1.66 bits per heavy atom. The Morgan fingerprint density at radius 3 is 2.29 bits per heavy atom. The number of nitrogens with one attached hydrogen (secondary N) is 1. The zero-order chi connectivity index (χ0) is 24.8. The number of urea groups is 1. The number of rotatable bonds is 8. The molecule has 1 N–H and O–H groups in total. The summed E-state index contributed by atoms with van der Waals surface area (Å²) < 4.78 is 5.49. The van der Waals surface area contributed by atoms with Gasteiger partial charge < -0.3 is 10.1 Å². The van der Waals surface area contributed by atoms with Crippen LogP contribution >= 0.6 is 0 Å². The molecule has 0 radical (unpaired) electrons. The Morgan fingerprint density at radius 1 is 0.971 bits per heavy atom. The molecule has 1 fully saturated rings. The Kier molecular flexibility index (Phi) is 8.21. The number of carbonyl (C=O) groups is 2. The van der Waals surface area contributed by atoms with E-state index in [-0.39, 0.29) is 18.6 Å². The maximum atomic E-state index is 13.3. The van der Waals surface area contributed by atoms with Gasteiger partial charge in [-0.25, -0.2) is 9.59 Å². The summed E-state index contributed by atoms with van der Waals surface area (Å²) in [5.74, 6) is -0.366. The van der Waals surface area contributed by atoms with Crippen molar-refractivity contribution in [2.24, 2.45) is 0 Å². The van der Waals surface area contributed by atoms with Gasteiger partial charge in [0.15, 0.2) is 0 Å². The normalized spacial score (nSPS) is 19.6. The molecule has 2 aliphatic rings. The van der Waals surface area contributed by atoms with E-state index in [2.05, 4.69) is 39.4 Å². The number of benzene rings is 2. The van der Waals surface area contributed by atoms with Gasteiger partial charge in [0, 0.05) is 51.5 Å². The van der Waals surface area contributed by atoms with Gasteiger partial charge in [0.2, 0.25) is 0 Å². The van der Waals surface area contributed by atoms with Crippen molar-refractivity contribution in [3.05, 3.63) is 82.6 Å². The topological polar surface area (TPSA) is 65.1 Å². The largest absolute Gasteiger partial charge is 0.463 e. The molecule has 1 atom stereocenters. The van der Waals surface area contributed by atoms with E-state index < -0.39 is 6.04 Å². The number of ether oxygens (including phenoxy) is 1. The lowest BCUT2D eigenvalue weighted by Crippen LogP contribution is -2.53. The lowest BCUT2D eigenvalue weighted by Gasteiger charge is -2.40. The molecule has 2 aliphatic heterocycles. The fourth-order valence-corrected chi connectivity index (χ4v) is 4.92. The highest BCUT2D eigenvalue weighted by atomic mass is 16.5. The van der Waals surface area contributed by atoms with Gasteiger partial charge in [-0.3, -0.25) is 14.7 Å². The van der Waals surface area contributed by atoms with Crippen molar-refractivity contribution in [3.8, 4) is 0 Å². The Hall–Kier alpha value is -3.16. The monoisotopic (exact) mass is 476 g/mol. The third-order valence-electron chi connectivity index (χ3n) is 6.71. The molecule has 0 spiro atoms. The van der Waals surface area contributed by atoms with Crippen LogP contribution in [-0.4, -0.2) is 72.6 Å². The summed E-state index contributed by atoms with van der Waals surface area (Å²) in [5.41, 5.74) is 4.56. The Bertz CT molecular complexity index is 1060. The number of carbonyl (C=O) groups excluding carboxylic acids is 2. The molecule has 0 aliphatic carbocycles. The zero-order valence-corrected chi connectivity index (χ0v) is 21.0. The third kappa shape index (κ3) is 5.92. The van der Waals surface area contributed by atoms with Gasteiger partial charge in [0.1, 0.15) is 0 Å². The first-order chi connectivity index (χ1) is 17.0. The minimum Gasteiger partial charge on any atom is -0.463 e. The fourth-order valence-electron chi connectivity index (χ4n) is 4.92. The van der Waals surface area contributed by atoms with Crippen LogP contribution < -0.4 is 5.32 Å². The number of amides is 2. The highest BCUT2D eigenvalue weighted by Crippen LogP contribution is 2.32. The molecular formula is C28H36N4O3. The average molecular weight is 477 g/mol. The standard InChI is InChI=1S/C28H36N4O3/c1-4-32-24(20-31-16-14-30(15-17-31)19-22-11-7-6-8-12-22)25(27(33)35-5-2)26(29-28(32)34)23-13-9-10-21(3)18-23/h6-13,18,26H,4-5,14-17,19-20H2,1-3H3,(H,29,34). The fraction of sp³-hybridized carbons (Fsp3) is 0.429. The second kappa shape index (κ2) is 11.5. The van der Waals surface area contributed by atoms with Crippen molar-refractivity contribution < 1.29 is 14.3 Å². The quantitative estimate of drug-likeness (QED) is 0.589. The molecule has 7 heteroatoms. The Labute approximate surface area is 208 Å². The maximum absolute atomic E-state index is 13.3. The molecule has 2 aromatic rings. The molecule has 7 nitrogen and oxygen atoms in total. The van der Waals surface area contributed by atoms with Crippen LogP contribution in [0.25, 0.3) is 0 Å². The van der Waals surface area contributed by atoms with E-state index in [1.54, 1.807) is 4.90 Å². The molecule has 186 valence electrons. The number of esters is 1. The van der Waals surface area contributed by atoms with E-state index in [9.17, 15) is 9.59 Å². The van der Waals surface area contributed by atoms with Crippen molar-refractivity contribution in [3.63, 3.8) is 0 Å². The second-order valence-electron chi connectivity index (χ2n) is 9.16. The van der Waals surface area contributed by atoms with E-state index in [1.165, 1.54) is 5.56 Å². The van der Waals surface area contributed by atoms with E-state index in [0.29, 0.717) is 18.7 Å². The molecule has 1 unspecified atom stereocenters. The molecule has 1 saturated heterocycles. The SMILES string of the molecule is CCOC(=O)C1=C(CN2CCN(Cc3ccccc3)CC2)N(CC)C(=O)NC1c1cccc(C)c1. The molecule has 2 heterocycles. The first kappa shape index (κ1) is 24.9. The summed E-state index contributed by atoms with van der Waals surface area (Å²) in [4.78, 5) is 32.9. The van der Waals surface area contributed by atoms with Crippen LogP contribution in [0.1, 0.15) is 36.6 Å². The number of piperazine rings is 1. The second-order valence-corrected chi connectivity index (χ2v) is 9.16. The minimum absolute atomic E-state index is 0.176. The van der Waals surface area contributed by atoms with Crippen LogP contribution in [0.3, 0.4) is 0 Å². The summed E-state index contributed by atoms with van der Waals surface area (Å²) in [6, 6.07) is 17.8. The van der Waals surface area contributed by atoms with E-state index >= 15 is 0 Å². The van der Waals surface area contributed by atoms with Crippen molar-refractivity contribution in [1.82, 2.24) is 20.0 Å². The van der Waals surface area contributed by atoms with E-state index in [1.807, 2.05) is 51.1 Å². The molecule has 2 aromatic carbocycles. The van der Waals surface area contributed by atoms with Crippen LogP contribution in [0.4, 0.5) is 4.79 Å². The molecule has 0 aromatic heterocycles. The molecule has 0 bridgehead atoms. The van der Waals surface area contributed by atoms with Crippen LogP contribution in [0.2, 0.25) is 0 Å². The highest BCUT2D eigenvalue weighted by Gasteiger charge is 2.38. The van der Waals surface area contributed by atoms with Gasteiger partial charge in [-0.15, -0.1) is 0 Å². The van der Waals surface area contributed by atoms with Gasteiger partial charge in [-0.2, -0.15) is 0 Å². The predicted octanol–water partition coefficient (Wildman–Crippen LogP) is 3.72. The number of hydrogen-bond acceptors (Lipinski definition) is 5. The van der Waals surface area contributed by atoms with Gasteiger partial charge in [-0.05, 0) is 31.9 Å². The molecular weight excluding hydrogens is 440 g/mol. The lowest BCUT2D eigenvalue weighted by molar-refractivity contribution is -0.139. The first-order valence-electron chi connectivity index (χ1n) is 12.5. The van der Waals surface area contributed by atoms with Crippen molar-refractivity contribution >= 4 is 12.0 Å². The van der Waals surface area contributed by atoms with E-state index in [0.717, 1.165) is 49.5 Å². The van der Waals surface area contributed by atoms with Crippen LogP contribution in [-0.2, 0) is 16.1 Å². The molecule has 2 amide bonds.